The second kappa shape index (κ2) is 4.30. The van der Waals surface area contributed by atoms with Crippen LogP contribution in [0, 0.1) is 0 Å². The van der Waals surface area contributed by atoms with Crippen LogP contribution in [0.25, 0.3) is 0 Å². The molecular weight excluding hydrogens is 222 g/mol. The van der Waals surface area contributed by atoms with Gasteiger partial charge in [0.05, 0.1) is 0 Å². The molecule has 0 radical (unpaired) electrons. The Balaban J connectivity index is 1.89. The maximum absolute atomic E-state index is 11.4. The van der Waals surface area contributed by atoms with E-state index in [2.05, 4.69) is 24.3 Å². The molecule has 1 fully saturated rings. The molecule has 0 heterocycles. The number of primary amides is 1. The fourth-order valence-electron chi connectivity index (χ4n) is 2.65. The van der Waals surface area contributed by atoms with Crippen molar-refractivity contribution in [3.63, 3.8) is 0 Å². The number of carbonyl (C=O) groups excluding carboxylic acids is 1. The Labute approximate surface area is 106 Å². The number of nitrogens with two attached hydrogens (primary N) is 1. The predicted molar refractivity (Wildman–Crippen MR) is 71.5 cm³/mol. The Bertz CT molecular complexity index is 577. The van der Waals surface area contributed by atoms with E-state index in [0.717, 1.165) is 12.0 Å². The second-order valence-corrected chi connectivity index (χ2v) is 4.81. The van der Waals surface area contributed by atoms with Crippen molar-refractivity contribution in [1.82, 2.24) is 0 Å². The summed E-state index contributed by atoms with van der Waals surface area (Å²) in [4.78, 5) is 11.4. The average molecular weight is 237 g/mol. The summed E-state index contributed by atoms with van der Waals surface area (Å²) < 4.78 is 0. The van der Waals surface area contributed by atoms with Gasteiger partial charge in [0.25, 0.3) is 0 Å². The standard InChI is InChI=1S/C16H15NO/c17-16(18)13-9-5-4-8-12(13)15-10-14(15)11-6-2-1-3-7-11/h1-9,14-15H,10H2,(H2,17,18)/t14-,15+/m0/s1. The van der Waals surface area contributed by atoms with Crippen LogP contribution in [0.15, 0.2) is 54.6 Å². The third-order valence-corrected chi connectivity index (χ3v) is 3.64. The minimum absolute atomic E-state index is 0.329. The van der Waals surface area contributed by atoms with Crippen LogP contribution in [0.5, 0.6) is 0 Å². The number of hydrogen-bond acceptors (Lipinski definition) is 1. The smallest absolute Gasteiger partial charge is 0.248 e. The quantitative estimate of drug-likeness (QED) is 0.876. The Morgan fingerprint density at radius 2 is 1.61 bits per heavy atom. The van der Waals surface area contributed by atoms with Crippen LogP contribution in [0.4, 0.5) is 0 Å². The fourth-order valence-corrected chi connectivity index (χ4v) is 2.65. The van der Waals surface area contributed by atoms with Crippen molar-refractivity contribution in [3.8, 4) is 0 Å². The van der Waals surface area contributed by atoms with E-state index < -0.39 is 0 Å². The highest BCUT2D eigenvalue weighted by molar-refractivity contribution is 5.94. The molecule has 2 heteroatoms. The van der Waals surface area contributed by atoms with Gasteiger partial charge in [0.1, 0.15) is 0 Å². The molecule has 2 nitrogen and oxygen atoms in total. The lowest BCUT2D eigenvalue weighted by Gasteiger charge is -2.06. The molecule has 2 atom stereocenters. The van der Waals surface area contributed by atoms with Gasteiger partial charge in [0.2, 0.25) is 5.91 Å². The van der Waals surface area contributed by atoms with Gasteiger partial charge in [-0.2, -0.15) is 0 Å². The molecule has 0 bridgehead atoms. The first kappa shape index (κ1) is 11.0. The van der Waals surface area contributed by atoms with Crippen molar-refractivity contribution in [2.24, 2.45) is 5.73 Å². The van der Waals surface area contributed by atoms with Crippen molar-refractivity contribution >= 4 is 5.91 Å². The first-order chi connectivity index (χ1) is 8.77. The molecule has 0 spiro atoms. The molecule has 2 N–H and O–H groups in total. The van der Waals surface area contributed by atoms with Crippen molar-refractivity contribution < 1.29 is 4.79 Å². The number of hydrogen-bond donors (Lipinski definition) is 1. The number of rotatable bonds is 3. The number of amides is 1. The molecule has 2 aromatic rings. The number of carbonyl (C=O) groups is 1. The summed E-state index contributed by atoms with van der Waals surface area (Å²) in [5.41, 5.74) is 8.54. The zero-order valence-corrected chi connectivity index (χ0v) is 10.0. The largest absolute Gasteiger partial charge is 0.366 e. The van der Waals surface area contributed by atoms with Crippen molar-refractivity contribution in [2.45, 2.75) is 18.3 Å². The van der Waals surface area contributed by atoms with E-state index in [0.29, 0.717) is 17.4 Å². The maximum atomic E-state index is 11.4. The molecule has 18 heavy (non-hydrogen) atoms. The number of benzene rings is 2. The van der Waals surface area contributed by atoms with Crippen LogP contribution in [0.3, 0.4) is 0 Å². The minimum Gasteiger partial charge on any atom is -0.366 e. The van der Waals surface area contributed by atoms with Gasteiger partial charge >= 0.3 is 0 Å². The van der Waals surface area contributed by atoms with Gasteiger partial charge in [0.15, 0.2) is 0 Å². The molecule has 1 aliphatic carbocycles. The molecular formula is C16H15NO. The topological polar surface area (TPSA) is 43.1 Å². The Morgan fingerprint density at radius 1 is 0.944 bits per heavy atom. The minimum atomic E-state index is -0.329. The van der Waals surface area contributed by atoms with Gasteiger partial charge < -0.3 is 5.73 Å². The first-order valence-electron chi connectivity index (χ1n) is 6.21. The SMILES string of the molecule is NC(=O)c1ccccc1[C@H]1C[C@H]1c1ccccc1. The van der Waals surface area contributed by atoms with Crippen molar-refractivity contribution in [1.29, 1.82) is 0 Å². The predicted octanol–water partition coefficient (Wildman–Crippen LogP) is 3.06. The van der Waals surface area contributed by atoms with E-state index in [4.69, 9.17) is 5.73 Å². The van der Waals surface area contributed by atoms with Crippen LogP contribution in [0.1, 0.15) is 39.7 Å². The summed E-state index contributed by atoms with van der Waals surface area (Å²) in [5, 5.41) is 0. The highest BCUT2D eigenvalue weighted by Crippen LogP contribution is 2.55. The zero-order chi connectivity index (χ0) is 12.5. The normalized spacial score (nSPS) is 21.6. The summed E-state index contributed by atoms with van der Waals surface area (Å²) in [7, 11) is 0. The fraction of sp³-hybridized carbons (Fsp3) is 0.188. The summed E-state index contributed by atoms with van der Waals surface area (Å²) in [6.45, 7) is 0. The average Bonchev–Trinajstić information content (AvgIpc) is 3.20. The zero-order valence-electron chi connectivity index (χ0n) is 10.0. The van der Waals surface area contributed by atoms with Gasteiger partial charge in [-0.1, -0.05) is 48.5 Å². The van der Waals surface area contributed by atoms with Crippen LogP contribution in [-0.2, 0) is 0 Å². The van der Waals surface area contributed by atoms with Gasteiger partial charge in [-0.3, -0.25) is 4.79 Å². The molecule has 0 aliphatic heterocycles. The Morgan fingerprint density at radius 3 is 2.33 bits per heavy atom. The third kappa shape index (κ3) is 1.90. The molecule has 3 rings (SSSR count). The first-order valence-corrected chi connectivity index (χ1v) is 6.21. The van der Waals surface area contributed by atoms with Gasteiger partial charge in [-0.05, 0) is 35.4 Å². The second-order valence-electron chi connectivity index (χ2n) is 4.81. The lowest BCUT2D eigenvalue weighted by atomic mass is 9.99. The third-order valence-electron chi connectivity index (χ3n) is 3.64. The van der Waals surface area contributed by atoms with E-state index >= 15 is 0 Å². The van der Waals surface area contributed by atoms with E-state index in [1.807, 2.05) is 30.3 Å². The van der Waals surface area contributed by atoms with Crippen molar-refractivity contribution in [2.75, 3.05) is 0 Å². The summed E-state index contributed by atoms with van der Waals surface area (Å²) in [5.74, 6) is 0.645. The van der Waals surface area contributed by atoms with Gasteiger partial charge in [-0.25, -0.2) is 0 Å². The molecule has 1 saturated carbocycles. The van der Waals surface area contributed by atoms with Gasteiger partial charge in [-0.15, -0.1) is 0 Å². The van der Waals surface area contributed by atoms with Crippen LogP contribution in [0.2, 0.25) is 0 Å². The van der Waals surface area contributed by atoms with Gasteiger partial charge in [0, 0.05) is 5.56 Å². The monoisotopic (exact) mass is 237 g/mol. The summed E-state index contributed by atoms with van der Waals surface area (Å²) in [6.07, 6.45) is 1.11. The Kier molecular flexibility index (Phi) is 2.63. The van der Waals surface area contributed by atoms with E-state index in [-0.39, 0.29) is 5.91 Å². The lowest BCUT2D eigenvalue weighted by Crippen LogP contribution is -2.13. The van der Waals surface area contributed by atoms with Crippen LogP contribution in [-0.4, -0.2) is 5.91 Å². The lowest BCUT2D eigenvalue weighted by molar-refractivity contribution is 0.0999. The van der Waals surface area contributed by atoms with E-state index in [1.165, 1.54) is 5.56 Å². The van der Waals surface area contributed by atoms with Crippen LogP contribution >= 0.6 is 0 Å². The molecule has 90 valence electrons. The summed E-state index contributed by atoms with van der Waals surface area (Å²) >= 11 is 0. The molecule has 2 aromatic carbocycles. The van der Waals surface area contributed by atoms with E-state index in [1.54, 1.807) is 0 Å². The molecule has 0 unspecified atom stereocenters. The van der Waals surface area contributed by atoms with Crippen LogP contribution < -0.4 is 5.73 Å². The molecule has 0 aromatic heterocycles. The summed E-state index contributed by atoms with van der Waals surface area (Å²) in [6, 6.07) is 18.1. The molecule has 0 saturated heterocycles. The van der Waals surface area contributed by atoms with Crippen molar-refractivity contribution in [3.05, 3.63) is 71.3 Å². The highest BCUT2D eigenvalue weighted by Gasteiger charge is 2.40. The highest BCUT2D eigenvalue weighted by atomic mass is 16.1. The molecule has 1 amide bonds. The maximum Gasteiger partial charge on any atom is 0.248 e. The Hall–Kier alpha value is -2.09. The molecule has 1 aliphatic rings. The van der Waals surface area contributed by atoms with E-state index in [9.17, 15) is 4.79 Å².